The van der Waals surface area contributed by atoms with Gasteiger partial charge in [-0.2, -0.15) is 0 Å². The van der Waals surface area contributed by atoms with Crippen LogP contribution in [0.2, 0.25) is 0 Å². The van der Waals surface area contributed by atoms with Gasteiger partial charge in [0, 0.05) is 4.43 Å². The molecule has 1 fully saturated rings. The van der Waals surface area contributed by atoms with Gasteiger partial charge in [-0.1, -0.05) is 29.5 Å². The van der Waals surface area contributed by atoms with Gasteiger partial charge in [-0.05, 0) is 24.7 Å². The number of hydrogen-bond acceptors (Lipinski definition) is 0. The standard InChI is InChI=1S/C6H11I/c1-6(2-3-6)4-5-7/h2-5H2,1H3. The van der Waals surface area contributed by atoms with E-state index in [0.29, 0.717) is 0 Å². The SMILES string of the molecule is CC1(CCI)CC1. The fraction of sp³-hybridized carbons (Fsp3) is 1.00. The van der Waals surface area contributed by atoms with E-state index in [-0.39, 0.29) is 0 Å². The van der Waals surface area contributed by atoms with Crippen LogP contribution in [0.25, 0.3) is 0 Å². The van der Waals surface area contributed by atoms with Crippen molar-refractivity contribution in [3.8, 4) is 0 Å². The van der Waals surface area contributed by atoms with Crippen molar-refractivity contribution in [2.45, 2.75) is 26.2 Å². The molecule has 0 radical (unpaired) electrons. The second-order valence-electron chi connectivity index (χ2n) is 2.75. The highest BCUT2D eigenvalue weighted by molar-refractivity contribution is 14.1. The van der Waals surface area contributed by atoms with E-state index >= 15 is 0 Å². The maximum Gasteiger partial charge on any atom is 0.0000454 e. The predicted octanol–water partition coefficient (Wildman–Crippen LogP) is 2.61. The first-order chi connectivity index (χ1) is 3.27. The third-order valence-corrected chi connectivity index (χ3v) is 2.34. The van der Waals surface area contributed by atoms with Crippen molar-refractivity contribution in [2.24, 2.45) is 5.41 Å². The highest BCUT2D eigenvalue weighted by atomic mass is 127. The Balaban J connectivity index is 2.13. The molecule has 0 aromatic rings. The monoisotopic (exact) mass is 210 g/mol. The van der Waals surface area contributed by atoms with Crippen LogP contribution < -0.4 is 0 Å². The molecule has 0 bridgehead atoms. The molecule has 7 heavy (non-hydrogen) atoms. The zero-order valence-electron chi connectivity index (χ0n) is 4.71. The van der Waals surface area contributed by atoms with Crippen LogP contribution in [0.3, 0.4) is 0 Å². The molecule has 0 N–H and O–H groups in total. The van der Waals surface area contributed by atoms with Crippen LogP contribution in [0.4, 0.5) is 0 Å². The number of alkyl halides is 1. The molecule has 1 saturated carbocycles. The zero-order valence-corrected chi connectivity index (χ0v) is 6.86. The van der Waals surface area contributed by atoms with Gasteiger partial charge in [0.2, 0.25) is 0 Å². The van der Waals surface area contributed by atoms with E-state index in [1.165, 1.54) is 23.7 Å². The summed E-state index contributed by atoms with van der Waals surface area (Å²) in [5.74, 6) is 0. The van der Waals surface area contributed by atoms with Crippen molar-refractivity contribution in [2.75, 3.05) is 4.43 Å². The lowest BCUT2D eigenvalue weighted by Gasteiger charge is -2.00. The van der Waals surface area contributed by atoms with E-state index in [9.17, 15) is 0 Å². The van der Waals surface area contributed by atoms with Crippen LogP contribution in [0, 0.1) is 5.41 Å². The molecule has 1 aliphatic carbocycles. The Bertz CT molecular complexity index is 64.6. The summed E-state index contributed by atoms with van der Waals surface area (Å²) in [6.45, 7) is 2.38. The molecular formula is C6H11I. The summed E-state index contributed by atoms with van der Waals surface area (Å²) in [4.78, 5) is 0. The van der Waals surface area contributed by atoms with Crippen LogP contribution in [0.15, 0.2) is 0 Å². The average molecular weight is 210 g/mol. The van der Waals surface area contributed by atoms with Gasteiger partial charge >= 0.3 is 0 Å². The Labute approximate surface area is 58.8 Å². The highest BCUT2D eigenvalue weighted by Gasteiger charge is 2.35. The van der Waals surface area contributed by atoms with E-state index in [1.807, 2.05) is 0 Å². The molecule has 0 aromatic carbocycles. The number of rotatable bonds is 2. The van der Waals surface area contributed by atoms with Gasteiger partial charge in [-0.15, -0.1) is 0 Å². The fourth-order valence-corrected chi connectivity index (χ4v) is 1.99. The quantitative estimate of drug-likeness (QED) is 0.485. The van der Waals surface area contributed by atoms with E-state index in [4.69, 9.17) is 0 Å². The maximum atomic E-state index is 2.45. The first-order valence-corrected chi connectivity index (χ1v) is 4.35. The Morgan fingerprint density at radius 2 is 2.14 bits per heavy atom. The lowest BCUT2D eigenvalue weighted by atomic mass is 10.1. The van der Waals surface area contributed by atoms with Gasteiger partial charge in [0.05, 0.1) is 0 Å². The summed E-state index contributed by atoms with van der Waals surface area (Å²) in [6, 6.07) is 0. The largest absolute Gasteiger partial charge is 0.0864 e. The van der Waals surface area contributed by atoms with Crippen LogP contribution in [0.1, 0.15) is 26.2 Å². The van der Waals surface area contributed by atoms with Crippen molar-refractivity contribution >= 4 is 22.6 Å². The number of halogens is 1. The Morgan fingerprint density at radius 3 is 2.29 bits per heavy atom. The van der Waals surface area contributed by atoms with Gasteiger partial charge in [0.25, 0.3) is 0 Å². The average Bonchev–Trinajstić information content (AvgIpc) is 2.22. The van der Waals surface area contributed by atoms with Crippen molar-refractivity contribution in [1.82, 2.24) is 0 Å². The molecule has 1 heteroatoms. The molecule has 0 nitrogen and oxygen atoms in total. The highest BCUT2D eigenvalue weighted by Crippen LogP contribution is 2.48. The van der Waals surface area contributed by atoms with Gasteiger partial charge in [-0.25, -0.2) is 0 Å². The molecule has 0 aromatic heterocycles. The van der Waals surface area contributed by atoms with Crippen molar-refractivity contribution in [3.63, 3.8) is 0 Å². The van der Waals surface area contributed by atoms with Gasteiger partial charge < -0.3 is 0 Å². The minimum atomic E-state index is 0.793. The predicted molar refractivity (Wildman–Crippen MR) is 40.8 cm³/mol. The summed E-state index contributed by atoms with van der Waals surface area (Å²) in [7, 11) is 0. The molecule has 1 rings (SSSR count). The lowest BCUT2D eigenvalue weighted by Crippen LogP contribution is -1.91. The summed E-state index contributed by atoms with van der Waals surface area (Å²) < 4.78 is 1.34. The molecule has 0 saturated heterocycles. The van der Waals surface area contributed by atoms with E-state index in [0.717, 1.165) is 5.41 Å². The van der Waals surface area contributed by atoms with Crippen molar-refractivity contribution < 1.29 is 0 Å². The molecule has 0 atom stereocenters. The minimum absolute atomic E-state index is 0.793. The first-order valence-electron chi connectivity index (χ1n) is 2.83. The molecule has 0 aliphatic heterocycles. The summed E-state index contributed by atoms with van der Waals surface area (Å²) in [5.41, 5.74) is 0.793. The third kappa shape index (κ3) is 1.59. The van der Waals surface area contributed by atoms with Crippen LogP contribution >= 0.6 is 22.6 Å². The van der Waals surface area contributed by atoms with Crippen LogP contribution in [-0.2, 0) is 0 Å². The normalized spacial score (nSPS) is 24.9. The van der Waals surface area contributed by atoms with Gasteiger partial charge in [-0.3, -0.25) is 0 Å². The lowest BCUT2D eigenvalue weighted by molar-refractivity contribution is 0.561. The molecule has 0 heterocycles. The van der Waals surface area contributed by atoms with Crippen LogP contribution in [-0.4, -0.2) is 4.43 Å². The third-order valence-electron chi connectivity index (χ3n) is 1.80. The maximum absolute atomic E-state index is 2.45. The summed E-state index contributed by atoms with van der Waals surface area (Å²) >= 11 is 2.45. The fourth-order valence-electron chi connectivity index (χ4n) is 0.692. The first kappa shape index (κ1) is 5.86. The topological polar surface area (TPSA) is 0 Å². The van der Waals surface area contributed by atoms with E-state index < -0.39 is 0 Å². The molecule has 0 unspecified atom stereocenters. The Kier molecular flexibility index (Phi) is 1.61. The van der Waals surface area contributed by atoms with Gasteiger partial charge in [0.1, 0.15) is 0 Å². The van der Waals surface area contributed by atoms with Crippen molar-refractivity contribution in [3.05, 3.63) is 0 Å². The van der Waals surface area contributed by atoms with Gasteiger partial charge in [0.15, 0.2) is 0 Å². The summed E-state index contributed by atoms with van der Waals surface area (Å²) in [5, 5.41) is 0. The number of hydrogen-bond donors (Lipinski definition) is 0. The molecular weight excluding hydrogens is 199 g/mol. The Hall–Kier alpha value is 0.730. The summed E-state index contributed by atoms with van der Waals surface area (Å²) in [6.07, 6.45) is 4.40. The Morgan fingerprint density at radius 1 is 1.57 bits per heavy atom. The smallest absolute Gasteiger partial charge is 0.0000454 e. The van der Waals surface area contributed by atoms with Crippen LogP contribution in [0.5, 0.6) is 0 Å². The zero-order chi connectivity index (χ0) is 5.33. The molecule has 0 amide bonds. The van der Waals surface area contributed by atoms with Crippen molar-refractivity contribution in [1.29, 1.82) is 0 Å². The second kappa shape index (κ2) is 1.92. The molecule has 0 spiro atoms. The molecule has 42 valence electrons. The minimum Gasteiger partial charge on any atom is -0.0864 e. The molecule has 1 aliphatic rings. The second-order valence-corrected chi connectivity index (χ2v) is 3.83. The van der Waals surface area contributed by atoms with E-state index in [1.54, 1.807) is 0 Å². The van der Waals surface area contributed by atoms with E-state index in [2.05, 4.69) is 29.5 Å².